The van der Waals surface area contributed by atoms with Crippen molar-refractivity contribution in [2.45, 2.75) is 6.04 Å². The minimum Gasteiger partial charge on any atom is -0.394 e. The van der Waals surface area contributed by atoms with E-state index in [2.05, 4.69) is 10.3 Å². The van der Waals surface area contributed by atoms with Gasteiger partial charge in [-0.15, -0.1) is 0 Å². The number of aliphatic hydroxyl groups is 1. The van der Waals surface area contributed by atoms with Crippen molar-refractivity contribution in [2.75, 3.05) is 11.9 Å². The zero-order valence-corrected chi connectivity index (χ0v) is 12.1. The number of nitrogens with one attached hydrogen (secondary N) is 1. The third-order valence-corrected chi connectivity index (χ3v) is 3.62. The molecular weight excluding hydrogens is 284 g/mol. The zero-order valence-electron chi connectivity index (χ0n) is 11.3. The molecule has 1 unspecified atom stereocenters. The number of benzene rings is 2. The van der Waals surface area contributed by atoms with Crippen molar-refractivity contribution in [3.8, 4) is 0 Å². The molecule has 0 amide bonds. The molecule has 3 aromatic rings. The normalized spacial score (nSPS) is 12.3. The highest BCUT2D eigenvalue weighted by molar-refractivity contribution is 6.30. The van der Waals surface area contributed by atoms with E-state index in [1.165, 1.54) is 0 Å². The molecule has 2 aromatic carbocycles. The lowest BCUT2D eigenvalue weighted by atomic mass is 10.0. The first-order valence-electron chi connectivity index (χ1n) is 6.74. The van der Waals surface area contributed by atoms with Gasteiger partial charge in [0.15, 0.2) is 0 Å². The van der Waals surface area contributed by atoms with Crippen LogP contribution < -0.4 is 5.32 Å². The van der Waals surface area contributed by atoms with Crippen LogP contribution in [0.3, 0.4) is 0 Å². The zero-order chi connectivity index (χ0) is 14.7. The van der Waals surface area contributed by atoms with Gasteiger partial charge in [0.25, 0.3) is 0 Å². The first kappa shape index (κ1) is 13.9. The van der Waals surface area contributed by atoms with Crippen molar-refractivity contribution in [3.63, 3.8) is 0 Å². The molecule has 21 heavy (non-hydrogen) atoms. The van der Waals surface area contributed by atoms with Gasteiger partial charge >= 0.3 is 0 Å². The second-order valence-electron chi connectivity index (χ2n) is 4.81. The summed E-state index contributed by atoms with van der Waals surface area (Å²) in [6.07, 6.45) is 1.76. The Labute approximate surface area is 128 Å². The summed E-state index contributed by atoms with van der Waals surface area (Å²) in [6.45, 7) is -0.0256. The number of nitrogens with zero attached hydrogens (tertiary/aromatic N) is 1. The first-order valence-corrected chi connectivity index (χ1v) is 7.12. The fourth-order valence-electron chi connectivity index (χ4n) is 2.41. The van der Waals surface area contributed by atoms with E-state index in [4.69, 9.17) is 11.6 Å². The SMILES string of the molecule is OCC(Nc1cccc(Cl)c1)c1cccc2cccnc12. The average Bonchev–Trinajstić information content (AvgIpc) is 2.52. The summed E-state index contributed by atoms with van der Waals surface area (Å²) >= 11 is 6.00. The third-order valence-electron chi connectivity index (χ3n) is 3.39. The Hall–Kier alpha value is -2.10. The van der Waals surface area contributed by atoms with Crippen molar-refractivity contribution in [1.29, 1.82) is 0 Å². The second-order valence-corrected chi connectivity index (χ2v) is 5.25. The van der Waals surface area contributed by atoms with Crippen molar-refractivity contribution in [3.05, 3.63) is 71.4 Å². The molecule has 0 spiro atoms. The predicted molar refractivity (Wildman–Crippen MR) is 86.6 cm³/mol. The molecule has 1 atom stereocenters. The summed E-state index contributed by atoms with van der Waals surface area (Å²) in [4.78, 5) is 4.43. The average molecular weight is 299 g/mol. The topological polar surface area (TPSA) is 45.1 Å². The number of anilines is 1. The van der Waals surface area contributed by atoms with E-state index in [1.54, 1.807) is 6.20 Å². The highest BCUT2D eigenvalue weighted by Gasteiger charge is 2.14. The van der Waals surface area contributed by atoms with E-state index in [0.717, 1.165) is 22.2 Å². The van der Waals surface area contributed by atoms with Crippen LogP contribution in [0.2, 0.25) is 5.02 Å². The van der Waals surface area contributed by atoms with E-state index < -0.39 is 0 Å². The van der Waals surface area contributed by atoms with E-state index in [-0.39, 0.29) is 12.6 Å². The summed E-state index contributed by atoms with van der Waals surface area (Å²) in [7, 11) is 0. The van der Waals surface area contributed by atoms with Gasteiger partial charge in [-0.05, 0) is 24.3 Å². The molecule has 2 N–H and O–H groups in total. The summed E-state index contributed by atoms with van der Waals surface area (Å²) in [6, 6.07) is 17.1. The van der Waals surface area contributed by atoms with Crippen LogP contribution >= 0.6 is 11.6 Å². The fraction of sp³-hybridized carbons (Fsp3) is 0.118. The van der Waals surface area contributed by atoms with E-state index >= 15 is 0 Å². The number of rotatable bonds is 4. The molecule has 0 saturated carbocycles. The van der Waals surface area contributed by atoms with Crippen LogP contribution in [-0.4, -0.2) is 16.7 Å². The number of halogens is 1. The molecule has 0 aliphatic carbocycles. The number of fused-ring (bicyclic) bond motifs is 1. The third kappa shape index (κ3) is 2.99. The Morgan fingerprint density at radius 3 is 2.71 bits per heavy atom. The monoisotopic (exact) mass is 298 g/mol. The number of hydrogen-bond acceptors (Lipinski definition) is 3. The van der Waals surface area contributed by atoms with Gasteiger partial charge in [-0.3, -0.25) is 4.98 Å². The van der Waals surface area contributed by atoms with Crippen LogP contribution in [0.1, 0.15) is 11.6 Å². The van der Waals surface area contributed by atoms with Crippen LogP contribution in [0.15, 0.2) is 60.8 Å². The fourth-order valence-corrected chi connectivity index (χ4v) is 2.60. The summed E-state index contributed by atoms with van der Waals surface area (Å²) in [5, 5.41) is 14.8. The molecule has 0 bridgehead atoms. The molecule has 3 nitrogen and oxygen atoms in total. The number of para-hydroxylation sites is 1. The molecule has 0 aliphatic heterocycles. The van der Waals surface area contributed by atoms with E-state index in [0.29, 0.717) is 5.02 Å². The van der Waals surface area contributed by atoms with Crippen LogP contribution in [0.4, 0.5) is 5.69 Å². The van der Waals surface area contributed by atoms with E-state index in [9.17, 15) is 5.11 Å². The van der Waals surface area contributed by atoms with Gasteiger partial charge in [-0.2, -0.15) is 0 Å². The van der Waals surface area contributed by atoms with Crippen LogP contribution in [0.5, 0.6) is 0 Å². The first-order chi connectivity index (χ1) is 10.3. The molecule has 0 fully saturated rings. The van der Waals surface area contributed by atoms with Gasteiger partial charge in [0, 0.05) is 27.9 Å². The number of hydrogen-bond donors (Lipinski definition) is 2. The molecule has 4 heteroatoms. The summed E-state index contributed by atoms with van der Waals surface area (Å²) < 4.78 is 0. The quantitative estimate of drug-likeness (QED) is 0.764. The number of aliphatic hydroxyl groups excluding tert-OH is 1. The Kier molecular flexibility index (Phi) is 4.04. The number of pyridine rings is 1. The lowest BCUT2D eigenvalue weighted by Crippen LogP contribution is -2.15. The Morgan fingerprint density at radius 2 is 1.90 bits per heavy atom. The van der Waals surface area contributed by atoms with Crippen LogP contribution in [0, 0.1) is 0 Å². The molecule has 0 saturated heterocycles. The molecule has 0 radical (unpaired) electrons. The Bertz CT molecular complexity index is 755. The Morgan fingerprint density at radius 1 is 1.10 bits per heavy atom. The summed E-state index contributed by atoms with van der Waals surface area (Å²) in [5.74, 6) is 0. The van der Waals surface area contributed by atoms with Crippen molar-refractivity contribution in [2.24, 2.45) is 0 Å². The van der Waals surface area contributed by atoms with Crippen molar-refractivity contribution in [1.82, 2.24) is 4.98 Å². The largest absolute Gasteiger partial charge is 0.394 e. The molecule has 1 aromatic heterocycles. The van der Waals surface area contributed by atoms with Crippen molar-refractivity contribution < 1.29 is 5.11 Å². The van der Waals surface area contributed by atoms with Gasteiger partial charge in [0.2, 0.25) is 0 Å². The summed E-state index contributed by atoms with van der Waals surface area (Å²) in [5.41, 5.74) is 2.73. The van der Waals surface area contributed by atoms with Gasteiger partial charge in [0.1, 0.15) is 0 Å². The minimum atomic E-state index is -0.234. The maximum absolute atomic E-state index is 9.75. The van der Waals surface area contributed by atoms with Gasteiger partial charge in [-0.1, -0.05) is 41.9 Å². The van der Waals surface area contributed by atoms with Gasteiger partial charge in [0.05, 0.1) is 18.2 Å². The van der Waals surface area contributed by atoms with Gasteiger partial charge < -0.3 is 10.4 Å². The van der Waals surface area contributed by atoms with E-state index in [1.807, 2.05) is 54.6 Å². The lowest BCUT2D eigenvalue weighted by molar-refractivity contribution is 0.277. The molecule has 0 aliphatic rings. The molecular formula is C17H15ClN2O. The second kappa shape index (κ2) is 6.12. The smallest absolute Gasteiger partial charge is 0.0766 e. The Balaban J connectivity index is 1.98. The lowest BCUT2D eigenvalue weighted by Gasteiger charge is -2.19. The standard InChI is InChI=1S/C17H15ClN2O/c18-13-6-2-7-14(10-13)20-16(11-21)15-8-1-4-12-5-3-9-19-17(12)15/h1-10,16,20-21H,11H2. The highest BCUT2D eigenvalue weighted by Crippen LogP contribution is 2.26. The molecule has 1 heterocycles. The number of aromatic nitrogens is 1. The predicted octanol–water partition coefficient (Wildman–Crippen LogP) is 4.03. The van der Waals surface area contributed by atoms with Crippen LogP contribution in [-0.2, 0) is 0 Å². The van der Waals surface area contributed by atoms with Gasteiger partial charge in [-0.25, -0.2) is 0 Å². The van der Waals surface area contributed by atoms with Crippen molar-refractivity contribution >= 4 is 28.2 Å². The molecule has 106 valence electrons. The maximum atomic E-state index is 9.75. The maximum Gasteiger partial charge on any atom is 0.0766 e. The highest BCUT2D eigenvalue weighted by atomic mass is 35.5. The molecule has 3 rings (SSSR count). The minimum absolute atomic E-state index is 0.0256. The van der Waals surface area contributed by atoms with Crippen LogP contribution in [0.25, 0.3) is 10.9 Å².